The predicted molar refractivity (Wildman–Crippen MR) is 82.1 cm³/mol. The molecule has 2 aliphatic heterocycles. The Hall–Kier alpha value is 0.270. The smallest absolute Gasteiger partial charge is 0.0257 e. The van der Waals surface area contributed by atoms with Gasteiger partial charge in [0.25, 0.3) is 0 Å². The van der Waals surface area contributed by atoms with Crippen LogP contribution in [-0.4, -0.2) is 41.6 Å². The second-order valence-corrected chi connectivity index (χ2v) is 7.33. The minimum atomic E-state index is 0.641. The molecular formula is C15H30N2S. The molecule has 0 amide bonds. The van der Waals surface area contributed by atoms with E-state index in [9.17, 15) is 0 Å². The zero-order valence-corrected chi connectivity index (χ0v) is 12.9. The third-order valence-electron chi connectivity index (χ3n) is 5.01. The average molecular weight is 270 g/mol. The fourth-order valence-electron chi connectivity index (χ4n) is 3.68. The van der Waals surface area contributed by atoms with E-state index in [0.29, 0.717) is 6.04 Å². The minimum absolute atomic E-state index is 0.641. The second kappa shape index (κ2) is 7.16. The number of nitrogens with two attached hydrogens (primary N) is 1. The van der Waals surface area contributed by atoms with Gasteiger partial charge in [-0.2, -0.15) is 11.8 Å². The molecule has 106 valence electrons. The lowest BCUT2D eigenvalue weighted by molar-refractivity contribution is 0.0474. The molecule has 0 aromatic heterocycles. The van der Waals surface area contributed by atoms with Gasteiger partial charge in [0.1, 0.15) is 0 Å². The van der Waals surface area contributed by atoms with Crippen molar-refractivity contribution in [3.63, 3.8) is 0 Å². The number of piperidine rings is 1. The monoisotopic (exact) mass is 270 g/mol. The number of thioether (sulfide) groups is 1. The van der Waals surface area contributed by atoms with E-state index in [0.717, 1.165) is 24.4 Å². The first-order chi connectivity index (χ1) is 8.76. The number of hydrogen-bond acceptors (Lipinski definition) is 3. The van der Waals surface area contributed by atoms with Crippen LogP contribution in [0.2, 0.25) is 0 Å². The molecule has 4 unspecified atom stereocenters. The fraction of sp³-hybridized carbons (Fsp3) is 1.00. The van der Waals surface area contributed by atoms with Crippen molar-refractivity contribution in [1.29, 1.82) is 0 Å². The Bertz CT molecular complexity index is 241. The van der Waals surface area contributed by atoms with Crippen LogP contribution in [0.25, 0.3) is 0 Å². The predicted octanol–water partition coefficient (Wildman–Crippen LogP) is 2.97. The molecule has 0 saturated carbocycles. The van der Waals surface area contributed by atoms with E-state index in [1.54, 1.807) is 0 Å². The van der Waals surface area contributed by atoms with Crippen LogP contribution in [0.3, 0.4) is 0 Å². The van der Waals surface area contributed by atoms with Crippen molar-refractivity contribution in [1.82, 2.24) is 4.90 Å². The van der Waals surface area contributed by atoms with Gasteiger partial charge in [-0.25, -0.2) is 0 Å². The summed E-state index contributed by atoms with van der Waals surface area (Å²) in [5.41, 5.74) is 6.13. The van der Waals surface area contributed by atoms with E-state index in [2.05, 4.69) is 30.5 Å². The quantitative estimate of drug-likeness (QED) is 0.851. The molecule has 0 aromatic rings. The zero-order chi connectivity index (χ0) is 13.0. The van der Waals surface area contributed by atoms with E-state index < -0.39 is 0 Å². The highest BCUT2D eigenvalue weighted by molar-refractivity contribution is 7.99. The summed E-state index contributed by atoms with van der Waals surface area (Å²) < 4.78 is 0. The van der Waals surface area contributed by atoms with Crippen molar-refractivity contribution in [3.8, 4) is 0 Å². The molecule has 2 N–H and O–H groups in total. The molecule has 0 bridgehead atoms. The summed E-state index contributed by atoms with van der Waals surface area (Å²) in [6.45, 7) is 6.89. The summed E-state index contributed by atoms with van der Waals surface area (Å²) in [6.07, 6.45) is 6.92. The molecule has 0 radical (unpaired) electrons. The molecule has 3 heteroatoms. The highest BCUT2D eigenvalue weighted by Crippen LogP contribution is 2.32. The van der Waals surface area contributed by atoms with Crippen molar-refractivity contribution < 1.29 is 0 Å². The average Bonchev–Trinajstić information content (AvgIpc) is 2.43. The Morgan fingerprint density at radius 1 is 1.33 bits per heavy atom. The number of likely N-dealkylation sites (tertiary alicyclic amines) is 1. The van der Waals surface area contributed by atoms with Crippen LogP contribution in [0.1, 0.15) is 46.0 Å². The van der Waals surface area contributed by atoms with Gasteiger partial charge in [-0.05, 0) is 55.9 Å². The van der Waals surface area contributed by atoms with Crippen LogP contribution >= 0.6 is 11.8 Å². The summed E-state index contributed by atoms with van der Waals surface area (Å²) >= 11 is 2.14. The Balaban J connectivity index is 1.99. The molecule has 2 heterocycles. The standard InChI is InChI=1S/C15H30N2S/c1-3-13-7-6-12(2)17(10-13)15(9-16)14-5-4-8-18-11-14/h12-15H,3-11,16H2,1-2H3. The number of rotatable bonds is 4. The topological polar surface area (TPSA) is 29.3 Å². The van der Waals surface area contributed by atoms with Crippen molar-refractivity contribution in [2.75, 3.05) is 24.6 Å². The van der Waals surface area contributed by atoms with Crippen molar-refractivity contribution in [2.24, 2.45) is 17.6 Å². The summed E-state index contributed by atoms with van der Waals surface area (Å²) in [5, 5.41) is 0. The van der Waals surface area contributed by atoms with Crippen LogP contribution < -0.4 is 5.73 Å². The highest BCUT2D eigenvalue weighted by Gasteiger charge is 2.34. The molecule has 0 aromatic carbocycles. The van der Waals surface area contributed by atoms with Crippen LogP contribution in [0.15, 0.2) is 0 Å². The molecule has 2 nitrogen and oxygen atoms in total. The molecule has 4 atom stereocenters. The first-order valence-electron chi connectivity index (χ1n) is 7.79. The summed E-state index contributed by atoms with van der Waals surface area (Å²) in [7, 11) is 0. The van der Waals surface area contributed by atoms with Crippen LogP contribution in [0.5, 0.6) is 0 Å². The first-order valence-corrected chi connectivity index (χ1v) is 8.95. The first kappa shape index (κ1) is 14.7. The van der Waals surface area contributed by atoms with E-state index >= 15 is 0 Å². The van der Waals surface area contributed by atoms with E-state index in [1.807, 2.05) is 0 Å². The molecule has 0 spiro atoms. The Morgan fingerprint density at radius 3 is 2.78 bits per heavy atom. The SMILES string of the molecule is CCC1CCC(C)N(C(CN)C2CCCSC2)C1. The Labute approximate surface area is 117 Å². The van der Waals surface area contributed by atoms with Gasteiger partial charge in [-0.3, -0.25) is 4.90 Å². The second-order valence-electron chi connectivity index (χ2n) is 6.18. The van der Waals surface area contributed by atoms with E-state index in [-0.39, 0.29) is 0 Å². The molecule has 0 aliphatic carbocycles. The van der Waals surface area contributed by atoms with Gasteiger partial charge in [0.05, 0.1) is 0 Å². The molecular weight excluding hydrogens is 240 g/mol. The van der Waals surface area contributed by atoms with Gasteiger partial charge >= 0.3 is 0 Å². The summed E-state index contributed by atoms with van der Waals surface area (Å²) in [4.78, 5) is 2.76. The largest absolute Gasteiger partial charge is 0.329 e. The van der Waals surface area contributed by atoms with Gasteiger partial charge in [0, 0.05) is 25.2 Å². The van der Waals surface area contributed by atoms with E-state index in [4.69, 9.17) is 5.73 Å². The maximum absolute atomic E-state index is 6.13. The van der Waals surface area contributed by atoms with Crippen molar-refractivity contribution in [2.45, 2.75) is 58.0 Å². The lowest BCUT2D eigenvalue weighted by Gasteiger charge is -2.46. The lowest BCUT2D eigenvalue weighted by atomic mass is 9.86. The Morgan fingerprint density at radius 2 is 2.17 bits per heavy atom. The fourth-order valence-corrected chi connectivity index (χ4v) is 4.90. The van der Waals surface area contributed by atoms with Crippen LogP contribution in [0.4, 0.5) is 0 Å². The van der Waals surface area contributed by atoms with Gasteiger partial charge < -0.3 is 5.73 Å². The number of nitrogens with zero attached hydrogens (tertiary/aromatic N) is 1. The third-order valence-corrected chi connectivity index (χ3v) is 6.25. The minimum Gasteiger partial charge on any atom is -0.329 e. The maximum Gasteiger partial charge on any atom is 0.0257 e. The van der Waals surface area contributed by atoms with Crippen molar-refractivity contribution >= 4 is 11.8 Å². The van der Waals surface area contributed by atoms with Gasteiger partial charge in [0.15, 0.2) is 0 Å². The number of hydrogen-bond donors (Lipinski definition) is 1. The molecule has 18 heavy (non-hydrogen) atoms. The zero-order valence-electron chi connectivity index (χ0n) is 12.1. The van der Waals surface area contributed by atoms with Gasteiger partial charge in [-0.15, -0.1) is 0 Å². The maximum atomic E-state index is 6.13. The Kier molecular flexibility index (Phi) is 5.84. The van der Waals surface area contributed by atoms with Gasteiger partial charge in [-0.1, -0.05) is 13.3 Å². The molecule has 2 aliphatic rings. The highest BCUT2D eigenvalue weighted by atomic mass is 32.2. The molecule has 2 fully saturated rings. The lowest BCUT2D eigenvalue weighted by Crippen LogP contribution is -2.54. The van der Waals surface area contributed by atoms with Gasteiger partial charge in [0.2, 0.25) is 0 Å². The van der Waals surface area contributed by atoms with Crippen LogP contribution in [0, 0.1) is 11.8 Å². The van der Waals surface area contributed by atoms with Crippen LogP contribution in [-0.2, 0) is 0 Å². The summed E-state index contributed by atoms with van der Waals surface area (Å²) in [5.74, 6) is 4.45. The van der Waals surface area contributed by atoms with E-state index in [1.165, 1.54) is 50.2 Å². The molecule has 2 rings (SSSR count). The normalized spacial score (nSPS) is 36.5. The summed E-state index contributed by atoms with van der Waals surface area (Å²) in [6, 6.07) is 1.38. The third kappa shape index (κ3) is 3.43. The van der Waals surface area contributed by atoms with Crippen molar-refractivity contribution in [3.05, 3.63) is 0 Å². The molecule has 2 saturated heterocycles.